The van der Waals surface area contributed by atoms with Crippen LogP contribution in [0.3, 0.4) is 0 Å². The molecule has 2 aromatic rings. The summed E-state index contributed by atoms with van der Waals surface area (Å²) in [7, 11) is 1.58. The Kier molecular flexibility index (Phi) is 4.43. The molecule has 1 saturated heterocycles. The second-order valence-electron chi connectivity index (χ2n) is 5.30. The molecule has 22 heavy (non-hydrogen) atoms. The molecule has 1 atom stereocenters. The van der Waals surface area contributed by atoms with Gasteiger partial charge in [0, 0.05) is 44.1 Å². The first kappa shape index (κ1) is 14.6. The highest BCUT2D eigenvalue weighted by atomic mass is 19.1. The van der Waals surface area contributed by atoms with Crippen LogP contribution in [-0.4, -0.2) is 46.1 Å². The van der Waals surface area contributed by atoms with Crippen molar-refractivity contribution in [3.8, 4) is 5.88 Å². The summed E-state index contributed by atoms with van der Waals surface area (Å²) in [4.78, 5) is 14.6. The van der Waals surface area contributed by atoms with Gasteiger partial charge in [0.15, 0.2) is 0 Å². The van der Waals surface area contributed by atoms with E-state index in [-0.39, 0.29) is 11.9 Å². The Morgan fingerprint density at radius 3 is 3.18 bits per heavy atom. The van der Waals surface area contributed by atoms with Crippen LogP contribution in [0.5, 0.6) is 5.88 Å². The van der Waals surface area contributed by atoms with Gasteiger partial charge in [-0.3, -0.25) is 9.88 Å². The number of likely N-dealkylation sites (tertiary alicyclic amines) is 1. The first-order valence-electron chi connectivity index (χ1n) is 7.18. The molecular formula is C15H18FN5O. The van der Waals surface area contributed by atoms with Crippen molar-refractivity contribution in [2.75, 3.05) is 25.5 Å². The number of anilines is 1. The fraction of sp³-hybridized carbons (Fsp3) is 0.400. The largest absolute Gasteiger partial charge is 0.481 e. The lowest BCUT2D eigenvalue weighted by molar-refractivity contribution is 0.327. The van der Waals surface area contributed by atoms with E-state index in [0.29, 0.717) is 18.4 Å². The van der Waals surface area contributed by atoms with Gasteiger partial charge in [-0.1, -0.05) is 0 Å². The molecule has 3 heterocycles. The lowest BCUT2D eigenvalue weighted by Gasteiger charge is -2.16. The first-order valence-corrected chi connectivity index (χ1v) is 7.18. The summed E-state index contributed by atoms with van der Waals surface area (Å²) in [6, 6.07) is 3.51. The third-order valence-electron chi connectivity index (χ3n) is 3.61. The minimum Gasteiger partial charge on any atom is -0.481 e. The molecule has 116 valence electrons. The Bertz CT molecular complexity index is 639. The van der Waals surface area contributed by atoms with Crippen molar-refractivity contribution in [1.82, 2.24) is 19.9 Å². The van der Waals surface area contributed by atoms with Crippen molar-refractivity contribution in [1.29, 1.82) is 0 Å². The van der Waals surface area contributed by atoms with Crippen molar-refractivity contribution in [2.45, 2.75) is 19.0 Å². The van der Waals surface area contributed by atoms with Crippen LogP contribution in [-0.2, 0) is 6.54 Å². The monoisotopic (exact) mass is 303 g/mol. The van der Waals surface area contributed by atoms with E-state index >= 15 is 0 Å². The topological polar surface area (TPSA) is 63.2 Å². The van der Waals surface area contributed by atoms with E-state index in [2.05, 4.69) is 25.2 Å². The van der Waals surface area contributed by atoms with E-state index < -0.39 is 0 Å². The van der Waals surface area contributed by atoms with Gasteiger partial charge in [0.2, 0.25) is 11.8 Å². The molecule has 0 bridgehead atoms. The number of ether oxygens (including phenoxy) is 1. The number of nitrogens with one attached hydrogen (secondary N) is 1. The maximum absolute atomic E-state index is 13.2. The molecule has 6 nitrogen and oxygen atoms in total. The SMILES string of the molecule is COc1ccnc(NC2CCN(Cc3cncc(F)c3)C2)n1. The highest BCUT2D eigenvalue weighted by molar-refractivity contribution is 5.29. The van der Waals surface area contributed by atoms with Gasteiger partial charge in [0.1, 0.15) is 5.82 Å². The van der Waals surface area contributed by atoms with E-state index in [9.17, 15) is 4.39 Å². The van der Waals surface area contributed by atoms with Crippen molar-refractivity contribution in [3.05, 3.63) is 42.1 Å². The number of rotatable bonds is 5. The summed E-state index contributed by atoms with van der Waals surface area (Å²) in [5.74, 6) is 0.813. The summed E-state index contributed by atoms with van der Waals surface area (Å²) >= 11 is 0. The lowest BCUT2D eigenvalue weighted by atomic mass is 10.2. The predicted molar refractivity (Wildman–Crippen MR) is 80.1 cm³/mol. The zero-order chi connectivity index (χ0) is 15.4. The second kappa shape index (κ2) is 6.65. The number of methoxy groups -OCH3 is 1. The third kappa shape index (κ3) is 3.67. The Labute approximate surface area is 128 Å². The summed E-state index contributed by atoms with van der Waals surface area (Å²) in [6.07, 6.45) is 5.58. The molecule has 3 rings (SSSR count). The summed E-state index contributed by atoms with van der Waals surface area (Å²) in [5.41, 5.74) is 0.887. The quantitative estimate of drug-likeness (QED) is 0.907. The van der Waals surface area contributed by atoms with Crippen LogP contribution < -0.4 is 10.1 Å². The zero-order valence-electron chi connectivity index (χ0n) is 12.4. The molecule has 0 saturated carbocycles. The first-order chi connectivity index (χ1) is 10.7. The Balaban J connectivity index is 1.55. The lowest BCUT2D eigenvalue weighted by Crippen LogP contribution is -2.26. The Morgan fingerprint density at radius 1 is 1.45 bits per heavy atom. The van der Waals surface area contributed by atoms with Crippen LogP contribution in [0.25, 0.3) is 0 Å². The molecule has 2 aromatic heterocycles. The molecule has 7 heteroatoms. The highest BCUT2D eigenvalue weighted by Gasteiger charge is 2.23. The predicted octanol–water partition coefficient (Wildman–Crippen LogP) is 1.71. The molecule has 1 aliphatic heterocycles. The molecular weight excluding hydrogens is 285 g/mol. The molecule has 0 aliphatic carbocycles. The summed E-state index contributed by atoms with van der Waals surface area (Å²) < 4.78 is 18.2. The number of hydrogen-bond donors (Lipinski definition) is 1. The standard InChI is InChI=1S/C15H18FN5O/c1-22-14-2-4-18-15(20-14)19-13-3-5-21(10-13)9-11-6-12(16)8-17-7-11/h2,4,6-8,13H,3,5,9-10H2,1H3,(H,18,19,20). The molecule has 0 radical (unpaired) electrons. The average molecular weight is 303 g/mol. The van der Waals surface area contributed by atoms with Gasteiger partial charge in [-0.2, -0.15) is 4.98 Å². The molecule has 1 N–H and O–H groups in total. The van der Waals surface area contributed by atoms with Crippen LogP contribution in [0.1, 0.15) is 12.0 Å². The fourth-order valence-electron chi connectivity index (χ4n) is 2.60. The molecule has 0 amide bonds. The minimum atomic E-state index is -0.295. The van der Waals surface area contributed by atoms with Crippen LogP contribution in [0.2, 0.25) is 0 Å². The summed E-state index contributed by atoms with van der Waals surface area (Å²) in [5, 5.41) is 3.31. The van der Waals surface area contributed by atoms with E-state index in [1.807, 2.05) is 0 Å². The van der Waals surface area contributed by atoms with Gasteiger partial charge in [-0.15, -0.1) is 0 Å². The summed E-state index contributed by atoms with van der Waals surface area (Å²) in [6.45, 7) is 2.50. The Hall–Kier alpha value is -2.28. The molecule has 0 spiro atoms. The smallest absolute Gasteiger partial charge is 0.226 e. The van der Waals surface area contributed by atoms with Gasteiger partial charge in [-0.25, -0.2) is 9.37 Å². The van der Waals surface area contributed by atoms with Crippen LogP contribution in [0.4, 0.5) is 10.3 Å². The minimum absolute atomic E-state index is 0.272. The van der Waals surface area contributed by atoms with E-state index in [1.165, 1.54) is 12.3 Å². The fourth-order valence-corrected chi connectivity index (χ4v) is 2.60. The Morgan fingerprint density at radius 2 is 2.36 bits per heavy atom. The molecule has 1 aliphatic rings. The highest BCUT2D eigenvalue weighted by Crippen LogP contribution is 2.17. The maximum Gasteiger partial charge on any atom is 0.226 e. The normalized spacial score (nSPS) is 18.4. The molecule has 1 fully saturated rings. The third-order valence-corrected chi connectivity index (χ3v) is 3.61. The van der Waals surface area contributed by atoms with Crippen molar-refractivity contribution < 1.29 is 9.13 Å². The van der Waals surface area contributed by atoms with Gasteiger partial charge >= 0.3 is 0 Å². The van der Waals surface area contributed by atoms with Crippen LogP contribution in [0, 0.1) is 5.82 Å². The molecule has 1 unspecified atom stereocenters. The number of halogens is 1. The van der Waals surface area contributed by atoms with Gasteiger partial charge in [0.25, 0.3) is 0 Å². The maximum atomic E-state index is 13.2. The van der Waals surface area contributed by atoms with Crippen molar-refractivity contribution in [3.63, 3.8) is 0 Å². The second-order valence-corrected chi connectivity index (χ2v) is 5.30. The number of aromatic nitrogens is 3. The number of pyridine rings is 1. The van der Waals surface area contributed by atoms with Crippen LogP contribution in [0.15, 0.2) is 30.7 Å². The molecule has 0 aromatic carbocycles. The van der Waals surface area contributed by atoms with E-state index in [1.54, 1.807) is 25.6 Å². The van der Waals surface area contributed by atoms with E-state index in [4.69, 9.17) is 4.74 Å². The zero-order valence-corrected chi connectivity index (χ0v) is 12.4. The average Bonchev–Trinajstić information content (AvgIpc) is 2.94. The number of hydrogen-bond acceptors (Lipinski definition) is 6. The van der Waals surface area contributed by atoms with Gasteiger partial charge in [0.05, 0.1) is 13.3 Å². The van der Waals surface area contributed by atoms with Gasteiger partial charge in [-0.05, 0) is 18.1 Å². The van der Waals surface area contributed by atoms with Crippen molar-refractivity contribution >= 4 is 5.95 Å². The van der Waals surface area contributed by atoms with Crippen molar-refractivity contribution in [2.24, 2.45) is 0 Å². The van der Waals surface area contributed by atoms with Gasteiger partial charge < -0.3 is 10.1 Å². The van der Waals surface area contributed by atoms with Crippen LogP contribution >= 0.6 is 0 Å². The number of nitrogens with zero attached hydrogens (tertiary/aromatic N) is 4. The van der Waals surface area contributed by atoms with E-state index in [0.717, 1.165) is 25.1 Å².